The maximum absolute atomic E-state index is 13.4. The normalized spacial score (nSPS) is 15.3. The van der Waals surface area contributed by atoms with Gasteiger partial charge in [0.1, 0.15) is 11.3 Å². The number of hydrogen-bond donors (Lipinski definition) is 1. The Hall–Kier alpha value is -3.42. The van der Waals surface area contributed by atoms with Gasteiger partial charge in [0.05, 0.1) is 23.5 Å². The lowest BCUT2D eigenvalue weighted by molar-refractivity contribution is -0.122. The molecule has 32 heavy (non-hydrogen) atoms. The Morgan fingerprint density at radius 3 is 2.38 bits per heavy atom. The van der Waals surface area contributed by atoms with E-state index in [4.69, 9.17) is 28.6 Å². The molecule has 1 saturated heterocycles. The van der Waals surface area contributed by atoms with E-state index < -0.39 is 11.8 Å². The highest BCUT2D eigenvalue weighted by molar-refractivity contribution is 7.80. The van der Waals surface area contributed by atoms with Gasteiger partial charge in [-0.15, -0.1) is 0 Å². The molecule has 0 aliphatic carbocycles. The summed E-state index contributed by atoms with van der Waals surface area (Å²) in [5.74, 6) is -0.602. The molecule has 0 saturated carbocycles. The Balaban J connectivity index is 1.80. The molecule has 0 spiro atoms. The molecule has 1 fully saturated rings. The van der Waals surface area contributed by atoms with Crippen molar-refractivity contribution in [3.8, 4) is 11.4 Å². The number of halogens is 1. The minimum Gasteiger partial charge on any atom is -0.495 e. The number of nitrogens with one attached hydrogen (secondary N) is 1. The molecule has 0 atom stereocenters. The first kappa shape index (κ1) is 21.8. The number of amides is 2. The molecule has 0 unspecified atom stereocenters. The van der Waals surface area contributed by atoms with Crippen LogP contribution in [0.3, 0.4) is 0 Å². The molecule has 162 valence electrons. The number of carbonyl (C=O) groups is 2. The summed E-state index contributed by atoms with van der Waals surface area (Å²) in [6, 6.07) is 16.4. The first-order valence-electron chi connectivity index (χ1n) is 9.81. The van der Waals surface area contributed by atoms with Gasteiger partial charge in [0.25, 0.3) is 11.8 Å². The Bertz CT molecular complexity index is 1300. The van der Waals surface area contributed by atoms with Crippen molar-refractivity contribution in [2.45, 2.75) is 13.8 Å². The van der Waals surface area contributed by atoms with Crippen LogP contribution >= 0.6 is 23.8 Å². The molecule has 6 nitrogen and oxygen atoms in total. The summed E-state index contributed by atoms with van der Waals surface area (Å²) < 4.78 is 7.36. The molecule has 1 aliphatic rings. The fraction of sp³-hybridized carbons (Fsp3) is 0.125. The lowest BCUT2D eigenvalue weighted by Crippen LogP contribution is -2.54. The number of aryl methyl sites for hydroxylation is 1. The second kappa shape index (κ2) is 8.61. The quantitative estimate of drug-likeness (QED) is 0.348. The van der Waals surface area contributed by atoms with Crippen molar-refractivity contribution in [1.82, 2.24) is 9.88 Å². The summed E-state index contributed by atoms with van der Waals surface area (Å²) in [4.78, 5) is 27.3. The molecule has 1 N–H and O–H groups in total. The third-order valence-electron chi connectivity index (χ3n) is 5.29. The first-order chi connectivity index (χ1) is 15.3. The number of anilines is 1. The molecule has 0 bridgehead atoms. The minimum absolute atomic E-state index is 0.00295. The van der Waals surface area contributed by atoms with E-state index >= 15 is 0 Å². The molecular weight excluding hydrogens is 446 g/mol. The van der Waals surface area contributed by atoms with Gasteiger partial charge in [0.2, 0.25) is 0 Å². The van der Waals surface area contributed by atoms with E-state index in [1.807, 2.05) is 48.7 Å². The van der Waals surface area contributed by atoms with Gasteiger partial charge in [-0.2, -0.15) is 0 Å². The van der Waals surface area contributed by atoms with E-state index in [0.29, 0.717) is 16.5 Å². The van der Waals surface area contributed by atoms with Crippen LogP contribution in [0.2, 0.25) is 5.02 Å². The fourth-order valence-corrected chi connectivity index (χ4v) is 4.28. The molecule has 2 aromatic carbocycles. The molecule has 1 aromatic heterocycles. The predicted octanol–water partition coefficient (Wildman–Crippen LogP) is 4.59. The van der Waals surface area contributed by atoms with Gasteiger partial charge in [-0.25, -0.2) is 4.90 Å². The zero-order valence-corrected chi connectivity index (χ0v) is 19.3. The second-order valence-electron chi connectivity index (χ2n) is 7.24. The number of carbonyl (C=O) groups excluding carboxylic acids is 2. The average molecular weight is 466 g/mol. The SMILES string of the molecule is COc1ccccc1N1C(=O)/C(=C/c2cc(C)n(-c3ccccc3Cl)c2C)C(=O)NC1=S. The second-order valence-corrected chi connectivity index (χ2v) is 8.04. The summed E-state index contributed by atoms with van der Waals surface area (Å²) in [6.07, 6.45) is 1.58. The van der Waals surface area contributed by atoms with E-state index in [1.54, 1.807) is 30.3 Å². The van der Waals surface area contributed by atoms with Gasteiger partial charge in [-0.1, -0.05) is 35.9 Å². The number of benzene rings is 2. The monoisotopic (exact) mass is 465 g/mol. The summed E-state index contributed by atoms with van der Waals surface area (Å²) in [5, 5.41) is 3.21. The van der Waals surface area contributed by atoms with E-state index in [2.05, 4.69) is 5.32 Å². The largest absolute Gasteiger partial charge is 0.495 e. The van der Waals surface area contributed by atoms with Crippen LogP contribution in [0.1, 0.15) is 17.0 Å². The van der Waals surface area contributed by atoms with Crippen molar-refractivity contribution < 1.29 is 14.3 Å². The van der Waals surface area contributed by atoms with Crippen molar-refractivity contribution >= 4 is 52.5 Å². The number of thiocarbonyl (C=S) groups is 1. The highest BCUT2D eigenvalue weighted by atomic mass is 35.5. The van der Waals surface area contributed by atoms with Gasteiger partial charge < -0.3 is 9.30 Å². The van der Waals surface area contributed by atoms with Crippen LogP contribution in [0.4, 0.5) is 5.69 Å². The number of aromatic nitrogens is 1. The number of nitrogens with zero attached hydrogens (tertiary/aromatic N) is 2. The molecule has 8 heteroatoms. The van der Waals surface area contributed by atoms with Crippen LogP contribution in [-0.4, -0.2) is 28.6 Å². The number of para-hydroxylation sites is 3. The number of rotatable bonds is 4. The Kier molecular flexibility index (Phi) is 5.86. The summed E-state index contributed by atoms with van der Waals surface area (Å²) in [6.45, 7) is 3.86. The third-order valence-corrected chi connectivity index (χ3v) is 5.90. The van der Waals surface area contributed by atoms with Crippen molar-refractivity contribution in [2.75, 3.05) is 12.0 Å². The number of hydrogen-bond acceptors (Lipinski definition) is 4. The molecule has 0 radical (unpaired) electrons. The van der Waals surface area contributed by atoms with Gasteiger partial charge in [-0.3, -0.25) is 14.9 Å². The molecule has 4 rings (SSSR count). The maximum Gasteiger partial charge on any atom is 0.270 e. The Morgan fingerprint density at radius 1 is 1.03 bits per heavy atom. The highest BCUT2D eigenvalue weighted by Gasteiger charge is 2.36. The zero-order chi connectivity index (χ0) is 23.0. The van der Waals surface area contributed by atoms with Crippen LogP contribution < -0.4 is 15.0 Å². The summed E-state index contributed by atoms with van der Waals surface area (Å²) >= 11 is 11.7. The molecule has 1 aliphatic heterocycles. The number of ether oxygens (including phenoxy) is 1. The van der Waals surface area contributed by atoms with Gasteiger partial charge in [0.15, 0.2) is 5.11 Å². The van der Waals surface area contributed by atoms with E-state index in [1.165, 1.54) is 12.0 Å². The van der Waals surface area contributed by atoms with Crippen molar-refractivity contribution in [1.29, 1.82) is 0 Å². The van der Waals surface area contributed by atoms with Gasteiger partial charge >= 0.3 is 0 Å². The van der Waals surface area contributed by atoms with Crippen LogP contribution in [0.5, 0.6) is 5.75 Å². The van der Waals surface area contributed by atoms with Gasteiger partial charge in [0, 0.05) is 11.4 Å². The Morgan fingerprint density at radius 2 is 1.69 bits per heavy atom. The van der Waals surface area contributed by atoms with E-state index in [-0.39, 0.29) is 10.7 Å². The lowest BCUT2D eigenvalue weighted by Gasteiger charge is -2.29. The van der Waals surface area contributed by atoms with Crippen molar-refractivity contribution in [3.05, 3.63) is 82.1 Å². The van der Waals surface area contributed by atoms with Crippen LogP contribution in [0, 0.1) is 13.8 Å². The van der Waals surface area contributed by atoms with E-state index in [0.717, 1.165) is 22.6 Å². The fourth-order valence-electron chi connectivity index (χ4n) is 3.78. The summed E-state index contributed by atoms with van der Waals surface area (Å²) in [5.41, 5.74) is 3.75. The zero-order valence-electron chi connectivity index (χ0n) is 17.7. The molecule has 2 amide bonds. The van der Waals surface area contributed by atoms with Crippen LogP contribution in [0.15, 0.2) is 60.2 Å². The average Bonchev–Trinajstić information content (AvgIpc) is 3.04. The lowest BCUT2D eigenvalue weighted by atomic mass is 10.1. The maximum atomic E-state index is 13.4. The summed E-state index contributed by atoms with van der Waals surface area (Å²) in [7, 11) is 1.51. The van der Waals surface area contributed by atoms with Crippen molar-refractivity contribution in [3.63, 3.8) is 0 Å². The highest BCUT2D eigenvalue weighted by Crippen LogP contribution is 2.32. The van der Waals surface area contributed by atoms with Crippen LogP contribution in [0.25, 0.3) is 11.8 Å². The predicted molar refractivity (Wildman–Crippen MR) is 129 cm³/mol. The third kappa shape index (κ3) is 3.70. The first-order valence-corrected chi connectivity index (χ1v) is 10.6. The Labute approximate surface area is 196 Å². The van der Waals surface area contributed by atoms with Gasteiger partial charge in [-0.05, 0) is 68.0 Å². The molecule has 2 heterocycles. The smallest absolute Gasteiger partial charge is 0.270 e. The minimum atomic E-state index is -0.548. The standard InChI is InChI=1S/C24H20ClN3O3S/c1-14-12-16(15(2)27(14)19-9-5-4-8-18(19)25)13-17-22(29)26-24(32)28(23(17)30)20-10-6-7-11-21(20)31-3/h4-13H,1-3H3,(H,26,29,32)/b17-13+. The van der Waals surface area contributed by atoms with E-state index in [9.17, 15) is 9.59 Å². The van der Waals surface area contributed by atoms with Crippen molar-refractivity contribution in [2.24, 2.45) is 0 Å². The molecule has 3 aromatic rings. The number of methoxy groups -OCH3 is 1. The van der Waals surface area contributed by atoms with Crippen LogP contribution in [-0.2, 0) is 9.59 Å². The molecular formula is C24H20ClN3O3S. The topological polar surface area (TPSA) is 63.6 Å².